The highest BCUT2D eigenvalue weighted by molar-refractivity contribution is 5.97. The van der Waals surface area contributed by atoms with Crippen LogP contribution < -0.4 is 4.74 Å². The molecule has 3 aromatic rings. The predicted molar refractivity (Wildman–Crippen MR) is 135 cm³/mol. The summed E-state index contributed by atoms with van der Waals surface area (Å²) in [5.74, 6) is -1.77. The lowest BCUT2D eigenvalue weighted by Gasteiger charge is -2.37. The highest BCUT2D eigenvalue weighted by atomic mass is 19.1. The summed E-state index contributed by atoms with van der Waals surface area (Å²) >= 11 is 0. The molecule has 2 saturated heterocycles. The smallest absolute Gasteiger partial charge is 0.310 e. The van der Waals surface area contributed by atoms with Gasteiger partial charge in [-0.25, -0.2) is 8.78 Å². The van der Waals surface area contributed by atoms with Crippen molar-refractivity contribution in [3.05, 3.63) is 93.5 Å². The number of carbonyl (C=O) groups is 2. The summed E-state index contributed by atoms with van der Waals surface area (Å²) in [5.41, 5.74) is 1.14. The normalized spacial score (nSPS) is 18.7. The van der Waals surface area contributed by atoms with Crippen molar-refractivity contribution in [2.24, 2.45) is 5.92 Å². The van der Waals surface area contributed by atoms with Gasteiger partial charge in [0.15, 0.2) is 5.75 Å². The van der Waals surface area contributed by atoms with Gasteiger partial charge >= 0.3 is 5.69 Å². The molecule has 0 unspecified atom stereocenters. The summed E-state index contributed by atoms with van der Waals surface area (Å²) in [5, 5.41) is 11.2. The van der Waals surface area contributed by atoms with Gasteiger partial charge in [0.2, 0.25) is 0 Å². The van der Waals surface area contributed by atoms with Gasteiger partial charge in [0, 0.05) is 37.3 Å². The number of hydrogen-bond donors (Lipinski definition) is 0. The second-order valence-corrected chi connectivity index (χ2v) is 9.52. The molecule has 0 radical (unpaired) electrons. The number of fused-ring (bicyclic) bond motifs is 1. The zero-order valence-corrected chi connectivity index (χ0v) is 20.6. The van der Waals surface area contributed by atoms with Crippen LogP contribution in [0.2, 0.25) is 0 Å². The van der Waals surface area contributed by atoms with Gasteiger partial charge in [-0.3, -0.25) is 19.7 Å². The Morgan fingerprint density at radius 2 is 1.71 bits per heavy atom. The Balaban J connectivity index is 1.34. The number of methoxy groups -OCH3 is 1. The summed E-state index contributed by atoms with van der Waals surface area (Å²) < 4.78 is 33.4. The van der Waals surface area contributed by atoms with E-state index in [1.807, 2.05) is 0 Å². The van der Waals surface area contributed by atoms with E-state index in [0.29, 0.717) is 24.2 Å². The number of nitro groups is 1. The fourth-order valence-electron chi connectivity index (χ4n) is 5.41. The molecule has 38 heavy (non-hydrogen) atoms. The fourth-order valence-corrected chi connectivity index (χ4v) is 5.41. The highest BCUT2D eigenvalue weighted by Gasteiger charge is 2.43. The predicted octanol–water partition coefficient (Wildman–Crippen LogP) is 4.93. The average Bonchev–Trinajstić information content (AvgIpc) is 3.37. The van der Waals surface area contributed by atoms with Crippen molar-refractivity contribution >= 4 is 17.5 Å². The van der Waals surface area contributed by atoms with Crippen LogP contribution in [0.1, 0.15) is 33.6 Å². The van der Waals surface area contributed by atoms with Crippen LogP contribution in [-0.2, 0) is 0 Å². The molecule has 0 N–H and O–H groups in total. The molecule has 0 aromatic heterocycles. The first kappa shape index (κ1) is 25.3. The number of ether oxygens (including phenoxy) is 1. The van der Waals surface area contributed by atoms with E-state index in [0.717, 1.165) is 12.8 Å². The van der Waals surface area contributed by atoms with Crippen molar-refractivity contribution in [1.82, 2.24) is 9.80 Å². The Morgan fingerprint density at radius 1 is 0.974 bits per heavy atom. The monoisotopic (exact) mass is 521 g/mol. The van der Waals surface area contributed by atoms with Crippen LogP contribution in [0.3, 0.4) is 0 Å². The summed E-state index contributed by atoms with van der Waals surface area (Å²) in [6, 6.07) is 13.7. The molecule has 5 rings (SSSR count). The third kappa shape index (κ3) is 4.69. The van der Waals surface area contributed by atoms with Crippen LogP contribution >= 0.6 is 0 Å². The van der Waals surface area contributed by atoms with Crippen molar-refractivity contribution in [3.63, 3.8) is 0 Å². The third-order valence-corrected chi connectivity index (χ3v) is 7.33. The SMILES string of the molecule is COc1cc(C(=O)N2C[C@H]3CCCN(C(=O)c4ccc(-c5ccc(F)cc5)cc4F)[C@H]3C2)ccc1[N+](=O)[O-]. The first-order valence-corrected chi connectivity index (χ1v) is 12.2. The molecule has 0 bridgehead atoms. The fraction of sp³-hybridized carbons (Fsp3) is 0.286. The summed E-state index contributed by atoms with van der Waals surface area (Å²) in [4.78, 5) is 40.6. The van der Waals surface area contributed by atoms with Crippen LogP contribution in [0.5, 0.6) is 5.75 Å². The molecule has 0 saturated carbocycles. The first-order valence-electron chi connectivity index (χ1n) is 12.2. The molecule has 2 fully saturated rings. The molecule has 2 aliphatic heterocycles. The second-order valence-electron chi connectivity index (χ2n) is 9.52. The van der Waals surface area contributed by atoms with E-state index in [4.69, 9.17) is 4.74 Å². The van der Waals surface area contributed by atoms with Crippen molar-refractivity contribution in [2.75, 3.05) is 26.7 Å². The summed E-state index contributed by atoms with van der Waals surface area (Å²) in [6.45, 7) is 1.16. The van der Waals surface area contributed by atoms with Gasteiger partial charge in [-0.2, -0.15) is 0 Å². The molecule has 2 amide bonds. The van der Waals surface area contributed by atoms with E-state index in [9.17, 15) is 24.1 Å². The minimum atomic E-state index is -0.664. The molecule has 2 aliphatic rings. The maximum absolute atomic E-state index is 15.1. The minimum Gasteiger partial charge on any atom is -0.490 e. The van der Waals surface area contributed by atoms with Crippen molar-refractivity contribution in [2.45, 2.75) is 18.9 Å². The first-order chi connectivity index (χ1) is 18.3. The molecule has 196 valence electrons. The minimum absolute atomic E-state index is 0.00572. The number of halogens is 2. The molecule has 2 heterocycles. The van der Waals surface area contributed by atoms with Gasteiger partial charge in [0.05, 0.1) is 23.6 Å². The van der Waals surface area contributed by atoms with Gasteiger partial charge in [-0.1, -0.05) is 18.2 Å². The van der Waals surface area contributed by atoms with E-state index < -0.39 is 22.5 Å². The lowest BCUT2D eigenvalue weighted by atomic mass is 9.91. The number of likely N-dealkylation sites (tertiary alicyclic amines) is 2. The van der Waals surface area contributed by atoms with Crippen molar-refractivity contribution in [1.29, 1.82) is 0 Å². The molecular formula is C28H25F2N3O5. The van der Waals surface area contributed by atoms with Crippen LogP contribution in [0, 0.1) is 27.7 Å². The van der Waals surface area contributed by atoms with Crippen molar-refractivity contribution in [3.8, 4) is 16.9 Å². The van der Waals surface area contributed by atoms with Gasteiger partial charge in [0.1, 0.15) is 11.6 Å². The molecule has 0 aliphatic carbocycles. The molecule has 0 spiro atoms. The zero-order chi connectivity index (χ0) is 27.0. The lowest BCUT2D eigenvalue weighted by molar-refractivity contribution is -0.385. The number of hydrogen-bond acceptors (Lipinski definition) is 5. The van der Waals surface area contributed by atoms with E-state index in [1.54, 1.807) is 28.0 Å². The summed E-state index contributed by atoms with van der Waals surface area (Å²) in [6.07, 6.45) is 1.56. The Hall–Kier alpha value is -4.34. The van der Waals surface area contributed by atoms with Crippen LogP contribution in [0.4, 0.5) is 14.5 Å². The highest BCUT2D eigenvalue weighted by Crippen LogP contribution is 2.34. The standard InChI is InChI=1S/C28H25F2N3O5/c1-38-26-14-19(7-11-24(26)33(36)37)27(34)31-15-20-3-2-12-32(25(20)16-31)28(35)22-10-6-18(13-23(22)30)17-4-8-21(29)9-5-17/h4-11,13-14,20,25H,2-3,12,15-16H2,1H3/t20-,25+/m1/s1. The number of nitro benzene ring substituents is 1. The zero-order valence-electron chi connectivity index (χ0n) is 20.6. The Kier molecular flexibility index (Phi) is 6.79. The molecule has 8 nitrogen and oxygen atoms in total. The van der Waals surface area contributed by atoms with Crippen LogP contribution in [0.25, 0.3) is 11.1 Å². The van der Waals surface area contributed by atoms with E-state index in [1.165, 1.54) is 49.6 Å². The van der Waals surface area contributed by atoms with E-state index in [2.05, 4.69) is 0 Å². The second kappa shape index (κ2) is 10.2. The Morgan fingerprint density at radius 3 is 2.39 bits per heavy atom. The number of nitrogens with zero attached hydrogens (tertiary/aromatic N) is 3. The number of rotatable bonds is 5. The van der Waals surface area contributed by atoms with E-state index in [-0.39, 0.29) is 47.0 Å². The number of carbonyl (C=O) groups excluding carboxylic acids is 2. The largest absolute Gasteiger partial charge is 0.490 e. The molecule has 10 heteroatoms. The van der Waals surface area contributed by atoms with Gasteiger partial charge < -0.3 is 14.5 Å². The summed E-state index contributed by atoms with van der Waals surface area (Å²) in [7, 11) is 1.30. The third-order valence-electron chi connectivity index (χ3n) is 7.33. The van der Waals surface area contributed by atoms with Gasteiger partial charge in [0.25, 0.3) is 11.8 Å². The van der Waals surface area contributed by atoms with Gasteiger partial charge in [-0.05, 0) is 60.2 Å². The van der Waals surface area contributed by atoms with E-state index >= 15 is 4.39 Å². The molecule has 2 atom stereocenters. The average molecular weight is 522 g/mol. The number of piperidine rings is 1. The molecular weight excluding hydrogens is 496 g/mol. The Bertz CT molecular complexity index is 1410. The van der Waals surface area contributed by atoms with Crippen molar-refractivity contribution < 1.29 is 28.0 Å². The van der Waals surface area contributed by atoms with Crippen LogP contribution in [0.15, 0.2) is 60.7 Å². The maximum atomic E-state index is 15.1. The number of amides is 2. The Labute approximate surface area is 217 Å². The lowest BCUT2D eigenvalue weighted by Crippen LogP contribution is -2.48. The maximum Gasteiger partial charge on any atom is 0.310 e. The topological polar surface area (TPSA) is 93.0 Å². The quantitative estimate of drug-likeness (QED) is 0.351. The van der Waals surface area contributed by atoms with Crippen LogP contribution in [-0.4, -0.2) is 59.3 Å². The molecule has 3 aromatic carbocycles. The van der Waals surface area contributed by atoms with Gasteiger partial charge in [-0.15, -0.1) is 0 Å². The number of benzene rings is 3.